The van der Waals surface area contributed by atoms with E-state index in [0.717, 1.165) is 66.3 Å². The van der Waals surface area contributed by atoms with Crippen molar-refractivity contribution in [3.05, 3.63) is 212 Å². The summed E-state index contributed by atoms with van der Waals surface area (Å²) in [6.07, 6.45) is 7.77. The van der Waals surface area contributed by atoms with E-state index in [2.05, 4.69) is 21.3 Å². The topological polar surface area (TPSA) is 57.4 Å². The Bertz CT molecular complexity index is 2890. The van der Waals surface area contributed by atoms with Crippen LogP contribution in [0.2, 0.25) is 10.0 Å². The molecule has 0 atom stereocenters. The summed E-state index contributed by atoms with van der Waals surface area (Å²) in [5, 5.41) is 22.6. The minimum Gasteiger partial charge on any atom is -0.342 e. The van der Waals surface area contributed by atoms with Gasteiger partial charge in [0.2, 0.25) is 0 Å². The zero-order valence-corrected chi connectivity index (χ0v) is 33.2. The van der Waals surface area contributed by atoms with E-state index in [9.17, 15) is 19.3 Å². The number of aryl methyl sites for hydroxylation is 2. The lowest BCUT2D eigenvalue weighted by Gasteiger charge is -2.06. The summed E-state index contributed by atoms with van der Waals surface area (Å²) in [4.78, 5) is 0. The first-order chi connectivity index (χ1) is 28.1. The van der Waals surface area contributed by atoms with Gasteiger partial charge in [0.05, 0.1) is 33.8 Å². The maximum Gasteiger partial charge on any atom is 0.123 e. The molecule has 2 aromatic heterocycles. The van der Waals surface area contributed by atoms with Gasteiger partial charge >= 0.3 is 0 Å². The van der Waals surface area contributed by atoms with Crippen molar-refractivity contribution in [2.45, 2.75) is 26.9 Å². The lowest BCUT2D eigenvalue weighted by Crippen LogP contribution is -1.97. The maximum atomic E-state index is 13.2. The lowest BCUT2D eigenvalue weighted by molar-refractivity contribution is 0.626. The summed E-state index contributed by atoms with van der Waals surface area (Å²) in [6.45, 7) is 5.21. The largest absolute Gasteiger partial charge is 0.342 e. The van der Waals surface area contributed by atoms with Gasteiger partial charge in [0.15, 0.2) is 0 Å². The first-order valence-electron chi connectivity index (χ1n) is 18.5. The number of fused-ring (bicyclic) bond motifs is 2. The second kappa shape index (κ2) is 17.6. The Morgan fingerprint density at radius 2 is 1.07 bits per heavy atom. The van der Waals surface area contributed by atoms with Gasteiger partial charge in [0, 0.05) is 57.9 Å². The molecule has 8 aromatic rings. The molecule has 4 nitrogen and oxygen atoms in total. The molecule has 0 N–H and O–H groups in total. The fourth-order valence-corrected chi connectivity index (χ4v) is 7.28. The van der Waals surface area contributed by atoms with Crippen LogP contribution in [-0.2, 0) is 13.1 Å². The predicted molar refractivity (Wildman–Crippen MR) is 234 cm³/mol. The quantitative estimate of drug-likeness (QED) is 0.144. The van der Waals surface area contributed by atoms with E-state index < -0.39 is 0 Å². The molecule has 0 fully saturated rings. The van der Waals surface area contributed by atoms with Crippen molar-refractivity contribution in [3.8, 4) is 12.1 Å². The molecule has 6 aromatic carbocycles. The number of benzene rings is 6. The number of nitrogens with zero attached hydrogens (tertiary/aromatic N) is 4. The average molecular weight is 802 g/mol. The van der Waals surface area contributed by atoms with Crippen molar-refractivity contribution >= 4 is 68.3 Å². The molecule has 0 aliphatic carbocycles. The van der Waals surface area contributed by atoms with E-state index in [1.165, 1.54) is 24.3 Å². The van der Waals surface area contributed by atoms with Crippen molar-refractivity contribution < 1.29 is 8.78 Å². The zero-order chi connectivity index (χ0) is 40.8. The number of aromatic nitrogens is 2. The number of hydrogen-bond donors (Lipinski definition) is 0. The van der Waals surface area contributed by atoms with Crippen LogP contribution < -0.4 is 0 Å². The van der Waals surface area contributed by atoms with Gasteiger partial charge in [-0.25, -0.2) is 8.78 Å². The summed E-state index contributed by atoms with van der Waals surface area (Å²) in [5.41, 5.74) is 10.9. The Morgan fingerprint density at radius 1 is 0.586 bits per heavy atom. The molecule has 58 heavy (non-hydrogen) atoms. The van der Waals surface area contributed by atoms with Crippen LogP contribution in [-0.4, -0.2) is 9.13 Å². The predicted octanol–water partition coefficient (Wildman–Crippen LogP) is 13.7. The minimum absolute atomic E-state index is 0.252. The fraction of sp³-hybridized carbons (Fsp3) is 0.0800. The SMILES string of the molecule is Cc1ccc(/C(C#N)=C/c2cn(Cc3ccc(F)cc3)c3ccc(Cl)cc23)cc1.Cc1ccc(/C(C#N)=C/c2cn(Cc3ccc(F)cc3)c3cccc(Cl)c23)cc1. The van der Waals surface area contributed by atoms with Gasteiger partial charge in [-0.05, 0) is 103 Å². The van der Waals surface area contributed by atoms with Crippen LogP contribution in [0, 0.1) is 48.1 Å². The van der Waals surface area contributed by atoms with Crippen LogP contribution >= 0.6 is 23.2 Å². The van der Waals surface area contributed by atoms with E-state index in [0.29, 0.717) is 34.3 Å². The third-order valence-corrected chi connectivity index (χ3v) is 10.4. The van der Waals surface area contributed by atoms with Crippen molar-refractivity contribution in [2.24, 2.45) is 0 Å². The molecule has 0 radical (unpaired) electrons. The third-order valence-electron chi connectivity index (χ3n) is 9.86. The molecule has 0 spiro atoms. The Kier molecular flexibility index (Phi) is 12.0. The van der Waals surface area contributed by atoms with Gasteiger partial charge in [-0.15, -0.1) is 0 Å². The van der Waals surface area contributed by atoms with Crippen molar-refractivity contribution in [1.82, 2.24) is 9.13 Å². The Balaban J connectivity index is 0.000000177. The smallest absolute Gasteiger partial charge is 0.123 e. The molecule has 284 valence electrons. The Morgan fingerprint density at radius 3 is 1.59 bits per heavy atom. The number of rotatable bonds is 8. The molecule has 0 aliphatic heterocycles. The first-order valence-corrected chi connectivity index (χ1v) is 19.3. The van der Waals surface area contributed by atoms with Gasteiger partial charge < -0.3 is 9.13 Å². The number of halogens is 4. The summed E-state index contributed by atoms with van der Waals surface area (Å²) >= 11 is 12.8. The number of hydrogen-bond acceptors (Lipinski definition) is 2. The second-order valence-corrected chi connectivity index (χ2v) is 14.9. The van der Waals surface area contributed by atoms with Gasteiger partial charge in [-0.3, -0.25) is 0 Å². The Hall–Kier alpha value is -6.70. The molecule has 2 heterocycles. The van der Waals surface area contributed by atoms with Gasteiger partial charge in [-0.2, -0.15) is 10.5 Å². The van der Waals surface area contributed by atoms with Crippen LogP contribution in [0.5, 0.6) is 0 Å². The van der Waals surface area contributed by atoms with E-state index >= 15 is 0 Å². The highest BCUT2D eigenvalue weighted by molar-refractivity contribution is 6.36. The molecule has 8 rings (SSSR count). The van der Waals surface area contributed by atoms with E-state index in [1.54, 1.807) is 24.3 Å². The van der Waals surface area contributed by atoms with Gasteiger partial charge in [0.25, 0.3) is 0 Å². The molecule has 0 saturated carbocycles. The molecular formula is C50H36Cl2F2N4. The van der Waals surface area contributed by atoms with E-state index in [1.807, 2.05) is 123 Å². The van der Waals surface area contributed by atoms with Crippen LogP contribution in [0.3, 0.4) is 0 Å². The highest BCUT2D eigenvalue weighted by Gasteiger charge is 2.14. The highest BCUT2D eigenvalue weighted by Crippen LogP contribution is 2.33. The molecule has 8 heteroatoms. The summed E-state index contributed by atoms with van der Waals surface area (Å²) in [6, 6.07) is 44.8. The van der Waals surface area contributed by atoms with Crippen molar-refractivity contribution in [3.63, 3.8) is 0 Å². The minimum atomic E-state index is -0.255. The molecule has 0 unspecified atom stereocenters. The van der Waals surface area contributed by atoms with E-state index in [-0.39, 0.29) is 11.6 Å². The molecule has 0 amide bonds. The normalized spacial score (nSPS) is 11.6. The zero-order valence-electron chi connectivity index (χ0n) is 31.7. The van der Waals surface area contributed by atoms with E-state index in [4.69, 9.17) is 23.2 Å². The van der Waals surface area contributed by atoms with Crippen molar-refractivity contribution in [1.29, 1.82) is 10.5 Å². The Labute approximate surface area is 346 Å². The van der Waals surface area contributed by atoms with Gasteiger partial charge in [0.1, 0.15) is 11.6 Å². The first kappa shape index (κ1) is 39.5. The lowest BCUT2D eigenvalue weighted by atomic mass is 10.0. The number of nitriles is 2. The van der Waals surface area contributed by atoms with Crippen LogP contribution in [0.1, 0.15) is 44.5 Å². The summed E-state index contributed by atoms with van der Waals surface area (Å²) in [5.74, 6) is -0.507. The van der Waals surface area contributed by atoms with Crippen molar-refractivity contribution in [2.75, 3.05) is 0 Å². The van der Waals surface area contributed by atoms with Crippen LogP contribution in [0.15, 0.2) is 146 Å². The highest BCUT2D eigenvalue weighted by atomic mass is 35.5. The van der Waals surface area contributed by atoms with Crippen LogP contribution in [0.25, 0.3) is 45.1 Å². The third kappa shape index (κ3) is 9.12. The monoisotopic (exact) mass is 800 g/mol. The second-order valence-electron chi connectivity index (χ2n) is 14.0. The van der Waals surface area contributed by atoms with Gasteiger partial charge in [-0.1, -0.05) is 113 Å². The summed E-state index contributed by atoms with van der Waals surface area (Å²) in [7, 11) is 0. The standard InChI is InChI=1S/2C25H18ClFN2/c1-17-2-6-19(7-3-17)20(14-28)12-21-16-29(15-18-4-9-23(27)10-5-18)25-11-8-22(26)13-24(21)25;1-17-5-9-19(10-6-17)20(14-28)13-21-16-29(15-18-7-11-22(27)12-8-18)24-4-2-3-23(26)25(21)24/h2*2-13,16H,15H2,1H3/b20-12+;20-13+. The van der Waals surface area contributed by atoms with Crippen LogP contribution in [0.4, 0.5) is 8.78 Å². The molecule has 0 saturated heterocycles. The number of allylic oxidation sites excluding steroid dienone is 2. The maximum absolute atomic E-state index is 13.2. The molecule has 0 aliphatic rings. The average Bonchev–Trinajstić information content (AvgIpc) is 3.75. The molecular weight excluding hydrogens is 765 g/mol. The molecule has 0 bridgehead atoms. The summed E-state index contributed by atoms with van der Waals surface area (Å²) < 4.78 is 30.6. The fourth-order valence-electron chi connectivity index (χ4n) is 6.83.